The lowest BCUT2D eigenvalue weighted by Gasteiger charge is -2.25. The number of phenols is 1. The van der Waals surface area contributed by atoms with Gasteiger partial charge in [-0.2, -0.15) is 0 Å². The van der Waals surface area contributed by atoms with Crippen molar-refractivity contribution in [2.75, 3.05) is 13.7 Å². The molecule has 158 valence electrons. The van der Waals surface area contributed by atoms with Crippen molar-refractivity contribution in [3.63, 3.8) is 0 Å². The maximum Gasteiger partial charge on any atom is 0.295 e. The van der Waals surface area contributed by atoms with Crippen LogP contribution < -0.4 is 4.74 Å². The van der Waals surface area contributed by atoms with Gasteiger partial charge in [-0.05, 0) is 36.2 Å². The monoisotopic (exact) mass is 469 g/mol. The quantitative estimate of drug-likeness (QED) is 0.357. The molecule has 2 aromatic rings. The van der Waals surface area contributed by atoms with Crippen molar-refractivity contribution in [2.45, 2.75) is 19.4 Å². The first-order chi connectivity index (χ1) is 14.2. The molecular weight excluding hydrogens is 453 g/mol. The number of rotatable bonds is 5. The minimum Gasteiger partial charge on any atom is -0.507 e. The van der Waals surface area contributed by atoms with Crippen LogP contribution in [0.1, 0.15) is 30.5 Å². The number of ether oxygens (including phenoxy) is 1. The van der Waals surface area contributed by atoms with Crippen LogP contribution in [0, 0.1) is 0 Å². The molecule has 0 saturated carbocycles. The first-order valence-electron chi connectivity index (χ1n) is 9.01. The summed E-state index contributed by atoms with van der Waals surface area (Å²) in [5, 5.41) is 21.1. The third-order valence-electron chi connectivity index (χ3n) is 4.77. The highest BCUT2D eigenvalue weighted by Crippen LogP contribution is 2.43. The van der Waals surface area contributed by atoms with E-state index in [1.165, 1.54) is 36.3 Å². The van der Waals surface area contributed by atoms with Crippen LogP contribution in [0.5, 0.6) is 11.5 Å². The zero-order valence-electron chi connectivity index (χ0n) is 16.1. The van der Waals surface area contributed by atoms with Crippen LogP contribution in [0.4, 0.5) is 0 Å². The number of phenolic OH excluding ortho intramolecular Hbond substituents is 1. The van der Waals surface area contributed by atoms with Gasteiger partial charge in [0.2, 0.25) is 0 Å². The molecule has 1 saturated heterocycles. The third kappa shape index (κ3) is 3.83. The van der Waals surface area contributed by atoms with Crippen molar-refractivity contribution in [1.29, 1.82) is 0 Å². The lowest BCUT2D eigenvalue weighted by Crippen LogP contribution is -2.30. The average molecular weight is 471 g/mol. The lowest BCUT2D eigenvalue weighted by atomic mass is 9.95. The molecule has 1 atom stereocenters. The number of nitrogens with zero attached hydrogens (tertiary/aromatic N) is 1. The lowest BCUT2D eigenvalue weighted by molar-refractivity contribution is -0.139. The Hall–Kier alpha value is -2.41. The number of methoxy groups -OCH3 is 1. The van der Waals surface area contributed by atoms with Crippen LogP contribution in [0.25, 0.3) is 5.76 Å². The van der Waals surface area contributed by atoms with Gasteiger partial charge in [0.15, 0.2) is 5.75 Å². The highest BCUT2D eigenvalue weighted by atomic mass is 35.5. The highest BCUT2D eigenvalue weighted by molar-refractivity contribution is 6.46. The fourth-order valence-corrected chi connectivity index (χ4v) is 4.27. The Morgan fingerprint density at radius 3 is 2.27 bits per heavy atom. The summed E-state index contributed by atoms with van der Waals surface area (Å²) in [7, 11) is 1.40. The number of aliphatic hydroxyl groups excluding tert-OH is 1. The summed E-state index contributed by atoms with van der Waals surface area (Å²) in [5.41, 5.74) is 0.514. The van der Waals surface area contributed by atoms with Gasteiger partial charge < -0.3 is 19.8 Å². The predicted octanol–water partition coefficient (Wildman–Crippen LogP) is 5.19. The largest absolute Gasteiger partial charge is 0.507 e. The van der Waals surface area contributed by atoms with Crippen LogP contribution in [0.15, 0.2) is 35.9 Å². The van der Waals surface area contributed by atoms with Crippen molar-refractivity contribution in [1.82, 2.24) is 4.90 Å². The topological polar surface area (TPSA) is 87.1 Å². The molecule has 1 unspecified atom stereocenters. The van der Waals surface area contributed by atoms with E-state index in [0.717, 1.165) is 0 Å². The standard InChI is InChI=1S/C21H18Cl3NO5/c1-3-6-25-17(10-4-5-15(26)12(22)7-10)16(19(28)21(25)29)18(27)11-8-13(23)20(30-2)14(24)9-11/h4-5,7-9,17,26-27H,3,6H2,1-2H3/b18-16+. The Balaban J connectivity index is 2.24. The van der Waals surface area contributed by atoms with Crippen molar-refractivity contribution in [2.24, 2.45) is 0 Å². The predicted molar refractivity (Wildman–Crippen MR) is 115 cm³/mol. The van der Waals surface area contributed by atoms with Gasteiger partial charge >= 0.3 is 0 Å². The summed E-state index contributed by atoms with van der Waals surface area (Å²) < 4.78 is 5.11. The summed E-state index contributed by atoms with van der Waals surface area (Å²) in [5.74, 6) is -1.91. The number of likely N-dealkylation sites (tertiary alicyclic amines) is 1. The van der Waals surface area contributed by atoms with E-state index in [0.29, 0.717) is 12.0 Å². The van der Waals surface area contributed by atoms with Crippen molar-refractivity contribution in [3.05, 3.63) is 62.1 Å². The van der Waals surface area contributed by atoms with Gasteiger partial charge in [0.25, 0.3) is 11.7 Å². The summed E-state index contributed by atoms with van der Waals surface area (Å²) in [6, 6.07) is 6.28. The molecule has 0 bridgehead atoms. The van der Waals surface area contributed by atoms with Crippen LogP contribution in [0.3, 0.4) is 0 Å². The summed E-state index contributed by atoms with van der Waals surface area (Å²) in [6.07, 6.45) is 0.593. The van der Waals surface area contributed by atoms with E-state index in [4.69, 9.17) is 39.5 Å². The van der Waals surface area contributed by atoms with Crippen LogP contribution in [-0.2, 0) is 9.59 Å². The number of carbonyl (C=O) groups excluding carboxylic acids is 2. The molecule has 0 radical (unpaired) electrons. The van der Waals surface area contributed by atoms with Gasteiger partial charge in [-0.15, -0.1) is 0 Å². The third-order valence-corrected chi connectivity index (χ3v) is 5.63. The number of carbonyl (C=O) groups is 2. The van der Waals surface area contributed by atoms with E-state index in [2.05, 4.69) is 0 Å². The number of hydrogen-bond acceptors (Lipinski definition) is 5. The Morgan fingerprint density at radius 2 is 1.73 bits per heavy atom. The second-order valence-corrected chi connectivity index (χ2v) is 7.90. The van der Waals surface area contributed by atoms with E-state index in [1.54, 1.807) is 6.07 Å². The molecule has 3 rings (SSSR count). The molecule has 1 aliphatic rings. The molecular formula is C21H18Cl3NO5. The molecule has 2 N–H and O–H groups in total. The Kier molecular flexibility index (Phi) is 6.50. The number of amides is 1. The minimum atomic E-state index is -0.886. The van der Waals surface area contributed by atoms with E-state index in [-0.39, 0.29) is 44.2 Å². The highest BCUT2D eigenvalue weighted by Gasteiger charge is 2.45. The second kappa shape index (κ2) is 8.76. The Labute approximate surface area is 188 Å². The smallest absolute Gasteiger partial charge is 0.295 e. The van der Waals surface area contributed by atoms with Gasteiger partial charge in [-0.3, -0.25) is 9.59 Å². The number of halogens is 3. The van der Waals surface area contributed by atoms with Gasteiger partial charge in [0, 0.05) is 12.1 Å². The van der Waals surface area contributed by atoms with E-state index >= 15 is 0 Å². The SMILES string of the molecule is CCCN1C(=O)C(=O)/C(=C(/O)c2cc(Cl)c(OC)c(Cl)c2)C1c1ccc(O)c(Cl)c1. The summed E-state index contributed by atoms with van der Waals surface area (Å²) >= 11 is 18.4. The minimum absolute atomic E-state index is 0.0603. The van der Waals surface area contributed by atoms with Crippen molar-refractivity contribution >= 4 is 52.3 Å². The second-order valence-electron chi connectivity index (χ2n) is 6.68. The van der Waals surface area contributed by atoms with Gasteiger partial charge in [-0.25, -0.2) is 0 Å². The van der Waals surface area contributed by atoms with Gasteiger partial charge in [0.1, 0.15) is 11.5 Å². The molecule has 0 aliphatic carbocycles. The van der Waals surface area contributed by atoms with Gasteiger partial charge in [-0.1, -0.05) is 47.8 Å². The first kappa shape index (κ1) is 22.3. The number of ketones is 1. The zero-order valence-corrected chi connectivity index (χ0v) is 18.3. The fourth-order valence-electron chi connectivity index (χ4n) is 3.44. The van der Waals surface area contributed by atoms with E-state index < -0.39 is 23.5 Å². The Bertz CT molecular complexity index is 1040. The maximum atomic E-state index is 12.9. The number of aromatic hydroxyl groups is 1. The number of benzene rings is 2. The molecule has 2 aromatic carbocycles. The number of aliphatic hydroxyl groups is 1. The van der Waals surface area contributed by atoms with Crippen LogP contribution in [-0.4, -0.2) is 40.5 Å². The van der Waals surface area contributed by atoms with Crippen molar-refractivity contribution in [3.8, 4) is 11.5 Å². The molecule has 30 heavy (non-hydrogen) atoms. The Morgan fingerprint density at radius 1 is 1.10 bits per heavy atom. The summed E-state index contributed by atoms with van der Waals surface area (Å²) in [6.45, 7) is 2.15. The number of Topliss-reactive ketones (excluding diaryl/α,β-unsaturated/α-hetero) is 1. The maximum absolute atomic E-state index is 12.9. The van der Waals surface area contributed by atoms with Crippen LogP contribution >= 0.6 is 34.8 Å². The molecule has 9 heteroatoms. The van der Waals surface area contributed by atoms with Gasteiger partial charge in [0.05, 0.1) is 33.8 Å². The van der Waals surface area contributed by atoms with Crippen LogP contribution in [0.2, 0.25) is 15.1 Å². The molecule has 1 fully saturated rings. The molecule has 0 spiro atoms. The molecule has 0 aromatic heterocycles. The number of hydrogen-bond donors (Lipinski definition) is 2. The van der Waals surface area contributed by atoms with Crippen molar-refractivity contribution < 1.29 is 24.5 Å². The van der Waals surface area contributed by atoms with E-state index in [9.17, 15) is 19.8 Å². The molecule has 1 aliphatic heterocycles. The summed E-state index contributed by atoms with van der Waals surface area (Å²) in [4.78, 5) is 26.9. The zero-order chi connectivity index (χ0) is 22.2. The fraction of sp³-hybridized carbons (Fsp3) is 0.238. The molecule has 6 nitrogen and oxygen atoms in total. The normalized spacial score (nSPS) is 18.2. The van der Waals surface area contributed by atoms with E-state index in [1.807, 2.05) is 6.92 Å². The average Bonchev–Trinajstić information content (AvgIpc) is 2.94. The molecule has 1 amide bonds. The molecule has 1 heterocycles. The first-order valence-corrected chi connectivity index (χ1v) is 10.1.